The van der Waals surface area contributed by atoms with Crippen LogP contribution in [0.4, 0.5) is 5.00 Å². The lowest BCUT2D eigenvalue weighted by Gasteiger charge is -2.08. The highest BCUT2D eigenvalue weighted by molar-refractivity contribution is 9.10. The molecule has 1 aromatic heterocycles. The Morgan fingerprint density at radius 2 is 2.25 bits per heavy atom. The van der Waals surface area contributed by atoms with Crippen LogP contribution in [0.5, 0.6) is 11.5 Å². The molecule has 2 rings (SSSR count). The topological polar surface area (TPSA) is 103 Å². The summed E-state index contributed by atoms with van der Waals surface area (Å²) in [5, 5.41) is 14.3. The number of hydrogen-bond acceptors (Lipinski definition) is 7. The predicted octanol–water partition coefficient (Wildman–Crippen LogP) is 2.96. The highest BCUT2D eigenvalue weighted by Crippen LogP contribution is 2.29. The van der Waals surface area contributed by atoms with E-state index >= 15 is 0 Å². The van der Waals surface area contributed by atoms with Gasteiger partial charge in [0.1, 0.15) is 11.5 Å². The molecule has 0 aliphatic rings. The Morgan fingerprint density at radius 1 is 1.46 bits per heavy atom. The Morgan fingerprint density at radius 3 is 2.88 bits per heavy atom. The molecule has 1 aromatic carbocycles. The number of nitrogens with zero attached hydrogens (tertiary/aromatic N) is 2. The summed E-state index contributed by atoms with van der Waals surface area (Å²) < 4.78 is 11.1. The zero-order chi connectivity index (χ0) is 17.5. The molecular formula is C14H12BrN3O5S. The molecule has 0 saturated heterocycles. The molecule has 0 aliphatic carbocycles. The van der Waals surface area contributed by atoms with Crippen LogP contribution in [0.15, 0.2) is 39.9 Å². The third kappa shape index (κ3) is 5.03. The van der Waals surface area contributed by atoms with Crippen molar-refractivity contribution in [1.82, 2.24) is 5.43 Å². The number of benzene rings is 1. The van der Waals surface area contributed by atoms with Crippen molar-refractivity contribution in [2.24, 2.45) is 5.10 Å². The zero-order valence-corrected chi connectivity index (χ0v) is 14.8. The molecule has 0 fully saturated rings. The first-order valence-corrected chi connectivity index (χ1v) is 8.13. The molecule has 0 spiro atoms. The maximum Gasteiger partial charge on any atom is 0.324 e. The van der Waals surface area contributed by atoms with Crippen LogP contribution in [-0.2, 0) is 4.79 Å². The minimum Gasteiger partial charge on any atom is -0.497 e. The quantitative estimate of drug-likeness (QED) is 0.426. The second kappa shape index (κ2) is 8.41. The molecule has 0 bridgehead atoms. The minimum atomic E-state index is -0.485. The summed E-state index contributed by atoms with van der Waals surface area (Å²) >= 11 is 4.27. The van der Waals surface area contributed by atoms with Gasteiger partial charge in [-0.05, 0) is 40.2 Å². The maximum absolute atomic E-state index is 11.7. The average molecular weight is 414 g/mol. The SMILES string of the molecule is COc1ccc(OCC(=O)NN=Cc2ccc([N+](=O)[O-])s2)c(Br)c1. The van der Waals surface area contributed by atoms with Gasteiger partial charge in [-0.25, -0.2) is 5.43 Å². The van der Waals surface area contributed by atoms with Gasteiger partial charge in [-0.2, -0.15) is 5.10 Å². The van der Waals surface area contributed by atoms with Crippen molar-refractivity contribution >= 4 is 44.4 Å². The molecule has 0 atom stereocenters. The molecule has 1 amide bonds. The van der Waals surface area contributed by atoms with Crippen LogP contribution in [0.1, 0.15) is 4.88 Å². The molecule has 0 saturated carbocycles. The van der Waals surface area contributed by atoms with E-state index in [-0.39, 0.29) is 11.6 Å². The lowest BCUT2D eigenvalue weighted by molar-refractivity contribution is -0.380. The summed E-state index contributed by atoms with van der Waals surface area (Å²) in [6.45, 7) is -0.229. The molecular weight excluding hydrogens is 402 g/mol. The van der Waals surface area contributed by atoms with Crippen LogP contribution in [0.2, 0.25) is 0 Å². The molecule has 10 heteroatoms. The highest BCUT2D eigenvalue weighted by atomic mass is 79.9. The fourth-order valence-corrected chi connectivity index (χ4v) is 2.74. The number of thiophene rings is 1. The molecule has 0 aliphatic heterocycles. The van der Waals surface area contributed by atoms with Gasteiger partial charge >= 0.3 is 5.00 Å². The Balaban J connectivity index is 1.82. The molecule has 8 nitrogen and oxygen atoms in total. The molecule has 2 aromatic rings. The van der Waals surface area contributed by atoms with Crippen molar-refractivity contribution in [3.05, 3.63) is 49.8 Å². The Bertz CT molecular complexity index is 778. The van der Waals surface area contributed by atoms with E-state index in [0.29, 0.717) is 20.8 Å². The summed E-state index contributed by atoms with van der Waals surface area (Å²) in [6.07, 6.45) is 1.33. The predicted molar refractivity (Wildman–Crippen MR) is 92.9 cm³/mol. The summed E-state index contributed by atoms with van der Waals surface area (Å²) in [5.74, 6) is 0.692. The van der Waals surface area contributed by atoms with E-state index in [0.717, 1.165) is 11.3 Å². The van der Waals surface area contributed by atoms with E-state index in [4.69, 9.17) is 9.47 Å². The van der Waals surface area contributed by atoms with Crippen molar-refractivity contribution in [2.75, 3.05) is 13.7 Å². The lowest BCUT2D eigenvalue weighted by Crippen LogP contribution is -2.24. The summed E-state index contributed by atoms with van der Waals surface area (Å²) in [4.78, 5) is 22.3. The van der Waals surface area contributed by atoms with Gasteiger partial charge in [0.25, 0.3) is 5.91 Å². The third-order valence-electron chi connectivity index (χ3n) is 2.67. The van der Waals surface area contributed by atoms with Crippen LogP contribution < -0.4 is 14.9 Å². The molecule has 1 heterocycles. The van der Waals surface area contributed by atoms with Gasteiger partial charge < -0.3 is 9.47 Å². The second-order valence-electron chi connectivity index (χ2n) is 4.31. The van der Waals surface area contributed by atoms with Gasteiger partial charge in [-0.15, -0.1) is 0 Å². The first-order chi connectivity index (χ1) is 11.5. The first kappa shape index (κ1) is 17.9. The van der Waals surface area contributed by atoms with Crippen LogP contribution in [-0.4, -0.2) is 30.8 Å². The molecule has 126 valence electrons. The monoisotopic (exact) mass is 413 g/mol. The van der Waals surface area contributed by atoms with E-state index in [1.165, 1.54) is 12.3 Å². The van der Waals surface area contributed by atoms with Crippen LogP contribution in [0.25, 0.3) is 0 Å². The number of methoxy groups -OCH3 is 1. The molecule has 0 radical (unpaired) electrons. The number of nitrogens with one attached hydrogen (secondary N) is 1. The maximum atomic E-state index is 11.7. The van der Waals surface area contributed by atoms with Crippen LogP contribution >= 0.6 is 27.3 Å². The van der Waals surface area contributed by atoms with Crippen LogP contribution in [0, 0.1) is 10.1 Å². The minimum absolute atomic E-state index is 0.00969. The Kier molecular flexibility index (Phi) is 6.27. The van der Waals surface area contributed by atoms with Gasteiger partial charge in [0.15, 0.2) is 6.61 Å². The summed E-state index contributed by atoms with van der Waals surface area (Å²) in [5.41, 5.74) is 2.28. The number of carbonyl (C=O) groups is 1. The van der Waals surface area contributed by atoms with Gasteiger partial charge in [0.2, 0.25) is 0 Å². The third-order valence-corrected chi connectivity index (χ3v) is 4.26. The Hall–Kier alpha value is -2.46. The van der Waals surface area contributed by atoms with Gasteiger partial charge in [-0.3, -0.25) is 14.9 Å². The largest absolute Gasteiger partial charge is 0.497 e. The van der Waals surface area contributed by atoms with E-state index in [1.54, 1.807) is 31.4 Å². The van der Waals surface area contributed by atoms with Crippen molar-refractivity contribution in [3.8, 4) is 11.5 Å². The number of hydrazone groups is 1. The number of carbonyl (C=O) groups excluding carboxylic acids is 1. The molecule has 1 N–H and O–H groups in total. The number of nitro groups is 1. The number of hydrogen-bond donors (Lipinski definition) is 1. The zero-order valence-electron chi connectivity index (χ0n) is 12.4. The Labute approximate surface area is 149 Å². The van der Waals surface area contributed by atoms with E-state index in [9.17, 15) is 14.9 Å². The fourth-order valence-electron chi connectivity index (χ4n) is 1.58. The van der Waals surface area contributed by atoms with E-state index < -0.39 is 10.8 Å². The first-order valence-electron chi connectivity index (χ1n) is 6.52. The van der Waals surface area contributed by atoms with E-state index in [2.05, 4.69) is 26.5 Å². The standard InChI is InChI=1S/C14H12BrN3O5S/c1-22-9-2-4-12(11(15)6-9)23-8-13(19)17-16-7-10-3-5-14(24-10)18(20)21/h2-7H,8H2,1H3,(H,17,19). The summed E-state index contributed by atoms with van der Waals surface area (Å²) in [7, 11) is 1.55. The molecule has 24 heavy (non-hydrogen) atoms. The smallest absolute Gasteiger partial charge is 0.324 e. The van der Waals surface area contributed by atoms with Gasteiger partial charge in [0.05, 0.1) is 27.6 Å². The van der Waals surface area contributed by atoms with Crippen molar-refractivity contribution in [1.29, 1.82) is 0 Å². The van der Waals surface area contributed by atoms with Gasteiger partial charge in [0, 0.05) is 6.07 Å². The fraction of sp³-hybridized carbons (Fsp3) is 0.143. The van der Waals surface area contributed by atoms with E-state index in [1.807, 2.05) is 0 Å². The average Bonchev–Trinajstić information content (AvgIpc) is 3.02. The second-order valence-corrected chi connectivity index (χ2v) is 6.26. The van der Waals surface area contributed by atoms with Crippen molar-refractivity contribution in [2.45, 2.75) is 0 Å². The van der Waals surface area contributed by atoms with Crippen molar-refractivity contribution in [3.63, 3.8) is 0 Å². The van der Waals surface area contributed by atoms with Crippen molar-refractivity contribution < 1.29 is 19.2 Å². The van der Waals surface area contributed by atoms with Gasteiger partial charge in [-0.1, -0.05) is 11.3 Å². The highest BCUT2D eigenvalue weighted by Gasteiger charge is 2.09. The summed E-state index contributed by atoms with van der Waals surface area (Å²) in [6, 6.07) is 8.01. The van der Waals surface area contributed by atoms with Crippen LogP contribution in [0.3, 0.4) is 0 Å². The normalized spacial score (nSPS) is 10.6. The number of rotatable bonds is 7. The molecule has 0 unspecified atom stereocenters. The number of ether oxygens (including phenoxy) is 2. The number of halogens is 1. The number of amides is 1. The lowest BCUT2D eigenvalue weighted by atomic mass is 10.3.